The van der Waals surface area contributed by atoms with E-state index >= 15 is 0 Å². The largest absolute Gasteiger partial charge is 0.366 e. The van der Waals surface area contributed by atoms with E-state index < -0.39 is 0 Å². The third kappa shape index (κ3) is 3.18. The molecule has 1 aliphatic rings. The monoisotopic (exact) mass is 358 g/mol. The summed E-state index contributed by atoms with van der Waals surface area (Å²) < 4.78 is 0.748. The summed E-state index contributed by atoms with van der Waals surface area (Å²) in [5, 5.41) is 4.06. The molecule has 3 nitrogen and oxygen atoms in total. The van der Waals surface area contributed by atoms with E-state index in [1.807, 2.05) is 0 Å². The Kier molecular flexibility index (Phi) is 5.10. The molecule has 1 amide bonds. The summed E-state index contributed by atoms with van der Waals surface area (Å²) in [6.07, 6.45) is 1.87. The molecule has 0 bridgehead atoms. The summed E-state index contributed by atoms with van der Waals surface area (Å²) in [7, 11) is 0. The van der Waals surface area contributed by atoms with Gasteiger partial charge in [-0.1, -0.05) is 25.4 Å². The number of carbonyl (C=O) groups is 1. The number of benzene rings is 1. The Morgan fingerprint density at radius 2 is 2.30 bits per heavy atom. The Labute approximate surface area is 133 Å². The molecular weight excluding hydrogens is 340 g/mol. The molecule has 3 N–H and O–H groups in total. The van der Waals surface area contributed by atoms with Crippen LogP contribution in [0.25, 0.3) is 0 Å². The second kappa shape index (κ2) is 6.46. The van der Waals surface area contributed by atoms with E-state index in [0.717, 1.165) is 41.5 Å². The molecule has 1 saturated heterocycles. The minimum atomic E-state index is -0.380. The van der Waals surface area contributed by atoms with Crippen LogP contribution in [0.3, 0.4) is 0 Å². The molecular formula is C15H20BrClN2O. The summed E-state index contributed by atoms with van der Waals surface area (Å²) in [6.45, 7) is 6.15. The molecule has 2 rings (SSSR count). The van der Waals surface area contributed by atoms with E-state index in [9.17, 15) is 4.79 Å². The van der Waals surface area contributed by atoms with Crippen LogP contribution >= 0.6 is 27.5 Å². The highest BCUT2D eigenvalue weighted by molar-refractivity contribution is 9.10. The van der Waals surface area contributed by atoms with Gasteiger partial charge in [0.2, 0.25) is 5.91 Å². The zero-order valence-corrected chi connectivity index (χ0v) is 14.1. The molecule has 0 saturated carbocycles. The minimum Gasteiger partial charge on any atom is -0.366 e. The average molecular weight is 360 g/mol. The van der Waals surface area contributed by atoms with E-state index in [0.29, 0.717) is 22.4 Å². The molecule has 1 heterocycles. The molecule has 0 spiro atoms. The molecule has 110 valence electrons. The summed E-state index contributed by atoms with van der Waals surface area (Å²) in [5.74, 6) is 0.404. The van der Waals surface area contributed by atoms with Crippen molar-refractivity contribution in [3.63, 3.8) is 0 Å². The standard InChI is InChI=1S/C15H20BrClN2O/c1-8(2)5-10-13(9-3-4-19-7-9)11(15(18)20)6-12(16)14(10)17/h6,8-9,19H,3-5,7H2,1-2H3,(H2,18,20). The first-order valence-corrected chi connectivity index (χ1v) is 8.10. The molecule has 1 aliphatic heterocycles. The van der Waals surface area contributed by atoms with Crippen LogP contribution in [0.1, 0.15) is 47.7 Å². The molecule has 0 aliphatic carbocycles. The second-order valence-electron chi connectivity index (χ2n) is 5.76. The predicted molar refractivity (Wildman–Crippen MR) is 86.4 cm³/mol. The zero-order valence-electron chi connectivity index (χ0n) is 11.8. The van der Waals surface area contributed by atoms with Crippen molar-refractivity contribution in [1.29, 1.82) is 0 Å². The van der Waals surface area contributed by atoms with Gasteiger partial charge in [-0.15, -0.1) is 0 Å². The van der Waals surface area contributed by atoms with Gasteiger partial charge in [0.15, 0.2) is 0 Å². The maximum absolute atomic E-state index is 11.8. The fraction of sp³-hybridized carbons (Fsp3) is 0.533. The van der Waals surface area contributed by atoms with E-state index in [4.69, 9.17) is 17.3 Å². The molecule has 20 heavy (non-hydrogen) atoms. The van der Waals surface area contributed by atoms with Gasteiger partial charge >= 0.3 is 0 Å². The lowest BCUT2D eigenvalue weighted by molar-refractivity contribution is 0.0999. The summed E-state index contributed by atoms with van der Waals surface area (Å²) >= 11 is 9.92. The highest BCUT2D eigenvalue weighted by Crippen LogP contribution is 2.38. The van der Waals surface area contributed by atoms with E-state index in [1.54, 1.807) is 6.07 Å². The lowest BCUT2D eigenvalue weighted by Gasteiger charge is -2.22. The van der Waals surface area contributed by atoms with Gasteiger partial charge in [0, 0.05) is 16.6 Å². The number of nitrogens with two attached hydrogens (primary N) is 1. The van der Waals surface area contributed by atoms with Crippen LogP contribution in [0.15, 0.2) is 10.5 Å². The van der Waals surface area contributed by atoms with Crippen molar-refractivity contribution in [3.8, 4) is 0 Å². The molecule has 1 fully saturated rings. The Hall–Kier alpha value is -0.580. The van der Waals surface area contributed by atoms with E-state index in [2.05, 4.69) is 35.1 Å². The zero-order chi connectivity index (χ0) is 14.9. The van der Waals surface area contributed by atoms with Crippen molar-refractivity contribution < 1.29 is 4.79 Å². The van der Waals surface area contributed by atoms with Gasteiger partial charge in [0.1, 0.15) is 0 Å². The quantitative estimate of drug-likeness (QED) is 0.865. The van der Waals surface area contributed by atoms with Crippen molar-refractivity contribution in [1.82, 2.24) is 5.32 Å². The van der Waals surface area contributed by atoms with Crippen LogP contribution < -0.4 is 11.1 Å². The van der Waals surface area contributed by atoms with Crippen LogP contribution in [0.2, 0.25) is 5.02 Å². The average Bonchev–Trinajstić information content (AvgIpc) is 2.87. The molecule has 1 aromatic carbocycles. The molecule has 1 aromatic rings. The molecule has 1 atom stereocenters. The maximum atomic E-state index is 11.8. The first kappa shape index (κ1) is 15.8. The van der Waals surface area contributed by atoms with E-state index in [-0.39, 0.29) is 5.91 Å². The first-order chi connectivity index (χ1) is 9.41. The van der Waals surface area contributed by atoms with Crippen molar-refractivity contribution in [2.45, 2.75) is 32.6 Å². The van der Waals surface area contributed by atoms with Gasteiger partial charge in [-0.2, -0.15) is 0 Å². The fourth-order valence-electron chi connectivity index (χ4n) is 2.87. The minimum absolute atomic E-state index is 0.317. The number of amides is 1. The first-order valence-electron chi connectivity index (χ1n) is 6.93. The highest BCUT2D eigenvalue weighted by Gasteiger charge is 2.27. The van der Waals surface area contributed by atoms with Crippen LogP contribution in [0.5, 0.6) is 0 Å². The highest BCUT2D eigenvalue weighted by atomic mass is 79.9. The number of halogens is 2. The third-order valence-electron chi connectivity index (χ3n) is 3.71. The van der Waals surface area contributed by atoms with Gasteiger partial charge in [-0.3, -0.25) is 4.79 Å². The Morgan fingerprint density at radius 1 is 1.60 bits per heavy atom. The molecule has 0 aromatic heterocycles. The SMILES string of the molecule is CC(C)Cc1c(Cl)c(Br)cc(C(N)=O)c1C1CCNC1. The van der Waals surface area contributed by atoms with Gasteiger partial charge < -0.3 is 11.1 Å². The van der Waals surface area contributed by atoms with Crippen LogP contribution in [0, 0.1) is 5.92 Å². The van der Waals surface area contributed by atoms with Gasteiger partial charge in [0.25, 0.3) is 0 Å². The number of hydrogen-bond acceptors (Lipinski definition) is 2. The number of nitrogens with one attached hydrogen (secondary N) is 1. The second-order valence-corrected chi connectivity index (χ2v) is 7.00. The topological polar surface area (TPSA) is 55.1 Å². The number of primary amides is 1. The molecule has 1 unspecified atom stereocenters. The van der Waals surface area contributed by atoms with Gasteiger partial charge in [-0.05, 0) is 64.3 Å². The lowest BCUT2D eigenvalue weighted by atomic mass is 9.85. The van der Waals surface area contributed by atoms with Crippen LogP contribution in [-0.4, -0.2) is 19.0 Å². The molecule has 0 radical (unpaired) electrons. The number of carbonyl (C=O) groups excluding carboxylic acids is 1. The van der Waals surface area contributed by atoms with Gasteiger partial charge in [0.05, 0.1) is 5.02 Å². The van der Waals surface area contributed by atoms with Crippen molar-refractivity contribution in [3.05, 3.63) is 32.3 Å². The third-order valence-corrected chi connectivity index (χ3v) is 4.99. The Balaban J connectivity index is 2.63. The molecule has 5 heteroatoms. The van der Waals surface area contributed by atoms with Crippen LogP contribution in [0.4, 0.5) is 0 Å². The Bertz CT molecular complexity index is 525. The lowest BCUT2D eigenvalue weighted by Crippen LogP contribution is -2.20. The summed E-state index contributed by atoms with van der Waals surface area (Å²) in [5.41, 5.74) is 8.29. The fourth-order valence-corrected chi connectivity index (χ4v) is 3.57. The van der Waals surface area contributed by atoms with Gasteiger partial charge in [-0.25, -0.2) is 0 Å². The van der Waals surface area contributed by atoms with Crippen molar-refractivity contribution in [2.24, 2.45) is 11.7 Å². The van der Waals surface area contributed by atoms with Crippen molar-refractivity contribution >= 4 is 33.4 Å². The summed E-state index contributed by atoms with van der Waals surface area (Å²) in [4.78, 5) is 11.8. The number of hydrogen-bond donors (Lipinski definition) is 2. The van der Waals surface area contributed by atoms with Crippen LogP contribution in [-0.2, 0) is 6.42 Å². The number of rotatable bonds is 4. The Morgan fingerprint density at radius 3 is 2.80 bits per heavy atom. The maximum Gasteiger partial charge on any atom is 0.249 e. The normalized spacial score (nSPS) is 18.8. The van der Waals surface area contributed by atoms with Crippen molar-refractivity contribution in [2.75, 3.05) is 13.1 Å². The van der Waals surface area contributed by atoms with E-state index in [1.165, 1.54) is 0 Å². The smallest absolute Gasteiger partial charge is 0.249 e. The summed E-state index contributed by atoms with van der Waals surface area (Å²) in [6, 6.07) is 1.77. The predicted octanol–water partition coefficient (Wildman–Crippen LogP) is 3.48.